The van der Waals surface area contributed by atoms with Crippen molar-refractivity contribution in [2.75, 3.05) is 4.41 Å². The van der Waals surface area contributed by atoms with E-state index in [2.05, 4.69) is 0 Å². The molecular weight excluding hydrogens is 280 g/mol. The maximum Gasteiger partial charge on any atom is 0.335 e. The van der Waals surface area contributed by atoms with Gasteiger partial charge < -0.3 is 5.11 Å². The number of hydrazine groups is 1. The van der Waals surface area contributed by atoms with E-state index in [1.165, 1.54) is 36.4 Å². The van der Waals surface area contributed by atoms with Crippen LogP contribution in [-0.2, 0) is 10.0 Å². The summed E-state index contributed by atoms with van der Waals surface area (Å²) in [5.41, 5.74) is 0.234. The first-order valence-electron chi connectivity index (χ1n) is 5.61. The summed E-state index contributed by atoms with van der Waals surface area (Å²) < 4.78 is 25.1. The SMILES string of the molecule is NN(c1ccc(C(=O)O)cc1)S(=O)(=O)c1ccccc1. The van der Waals surface area contributed by atoms with E-state index >= 15 is 0 Å². The molecule has 104 valence electrons. The number of nitrogens with two attached hydrogens (primary N) is 1. The van der Waals surface area contributed by atoms with Crippen LogP contribution >= 0.6 is 0 Å². The Labute approximate surface area is 116 Å². The molecule has 0 bridgehead atoms. The lowest BCUT2D eigenvalue weighted by atomic mass is 10.2. The number of aromatic carboxylic acids is 1. The normalized spacial score (nSPS) is 11.1. The Hall–Kier alpha value is -2.38. The smallest absolute Gasteiger partial charge is 0.335 e. The van der Waals surface area contributed by atoms with Crippen LogP contribution in [0.15, 0.2) is 59.5 Å². The van der Waals surface area contributed by atoms with Gasteiger partial charge in [-0.2, -0.15) is 8.42 Å². The molecule has 2 rings (SSSR count). The summed E-state index contributed by atoms with van der Waals surface area (Å²) in [6.45, 7) is 0. The number of sulfonamides is 1. The summed E-state index contributed by atoms with van der Waals surface area (Å²) in [7, 11) is -3.86. The van der Waals surface area contributed by atoms with Crippen LogP contribution in [0.3, 0.4) is 0 Å². The highest BCUT2D eigenvalue weighted by atomic mass is 32.2. The minimum Gasteiger partial charge on any atom is -0.478 e. The molecule has 0 atom stereocenters. The van der Waals surface area contributed by atoms with Gasteiger partial charge in [0.1, 0.15) is 0 Å². The quantitative estimate of drug-likeness (QED) is 0.656. The van der Waals surface area contributed by atoms with Gasteiger partial charge in [-0.1, -0.05) is 18.2 Å². The topological polar surface area (TPSA) is 101 Å². The second kappa shape index (κ2) is 5.32. The average Bonchev–Trinajstić information content (AvgIpc) is 2.47. The van der Waals surface area contributed by atoms with Gasteiger partial charge in [-0.25, -0.2) is 15.1 Å². The zero-order chi connectivity index (χ0) is 14.8. The summed E-state index contributed by atoms with van der Waals surface area (Å²) in [5, 5.41) is 8.79. The summed E-state index contributed by atoms with van der Waals surface area (Å²) in [5.74, 6) is 4.54. The molecule has 0 unspecified atom stereocenters. The maximum absolute atomic E-state index is 12.2. The van der Waals surface area contributed by atoms with E-state index in [1.54, 1.807) is 18.2 Å². The summed E-state index contributed by atoms with van der Waals surface area (Å²) >= 11 is 0. The van der Waals surface area contributed by atoms with Crippen LogP contribution in [0.4, 0.5) is 5.69 Å². The van der Waals surface area contributed by atoms with Gasteiger partial charge in [-0.05, 0) is 36.4 Å². The molecule has 7 heteroatoms. The number of carboxylic acid groups (broad SMARTS) is 1. The molecule has 20 heavy (non-hydrogen) atoms. The molecule has 0 saturated heterocycles. The molecule has 0 aliphatic carbocycles. The van der Waals surface area contributed by atoms with Crippen molar-refractivity contribution >= 4 is 21.7 Å². The van der Waals surface area contributed by atoms with E-state index in [-0.39, 0.29) is 16.1 Å². The van der Waals surface area contributed by atoms with Crippen LogP contribution in [0.1, 0.15) is 10.4 Å². The van der Waals surface area contributed by atoms with Crippen molar-refractivity contribution in [2.24, 2.45) is 5.84 Å². The number of hydrogen-bond donors (Lipinski definition) is 2. The van der Waals surface area contributed by atoms with Crippen molar-refractivity contribution in [1.29, 1.82) is 0 Å². The van der Waals surface area contributed by atoms with E-state index in [4.69, 9.17) is 10.9 Å². The number of rotatable bonds is 4. The fourth-order valence-corrected chi connectivity index (χ4v) is 2.72. The van der Waals surface area contributed by atoms with Crippen molar-refractivity contribution in [3.05, 3.63) is 60.2 Å². The number of carboxylic acids is 1. The van der Waals surface area contributed by atoms with Gasteiger partial charge in [0, 0.05) is 0 Å². The number of hydrogen-bond acceptors (Lipinski definition) is 4. The number of carbonyl (C=O) groups is 1. The van der Waals surface area contributed by atoms with E-state index in [1.807, 2.05) is 0 Å². The minimum atomic E-state index is -3.86. The van der Waals surface area contributed by atoms with Gasteiger partial charge in [0.25, 0.3) is 10.0 Å². The highest BCUT2D eigenvalue weighted by Gasteiger charge is 2.21. The van der Waals surface area contributed by atoms with Crippen LogP contribution in [0.5, 0.6) is 0 Å². The van der Waals surface area contributed by atoms with E-state index in [9.17, 15) is 13.2 Å². The van der Waals surface area contributed by atoms with Crippen LogP contribution in [0.25, 0.3) is 0 Å². The van der Waals surface area contributed by atoms with Gasteiger partial charge in [-0.15, -0.1) is 0 Å². The van der Waals surface area contributed by atoms with E-state index < -0.39 is 16.0 Å². The maximum atomic E-state index is 12.2. The minimum absolute atomic E-state index is 0.0549. The first-order chi connectivity index (χ1) is 9.43. The molecule has 2 aromatic rings. The molecule has 0 spiro atoms. The fraction of sp³-hybridized carbons (Fsp3) is 0. The highest BCUT2D eigenvalue weighted by Crippen LogP contribution is 2.20. The third-order valence-electron chi connectivity index (χ3n) is 2.67. The first kappa shape index (κ1) is 14.0. The first-order valence-corrected chi connectivity index (χ1v) is 7.05. The molecule has 0 aliphatic heterocycles. The molecule has 2 aromatic carbocycles. The van der Waals surface area contributed by atoms with Crippen molar-refractivity contribution in [3.8, 4) is 0 Å². The Morgan fingerprint density at radius 3 is 2.05 bits per heavy atom. The van der Waals surface area contributed by atoms with Crippen LogP contribution < -0.4 is 10.3 Å². The second-order valence-electron chi connectivity index (χ2n) is 3.97. The third-order valence-corrected chi connectivity index (χ3v) is 4.27. The molecule has 6 nitrogen and oxygen atoms in total. The van der Waals surface area contributed by atoms with Gasteiger partial charge in [0.15, 0.2) is 0 Å². The largest absolute Gasteiger partial charge is 0.478 e. The Kier molecular flexibility index (Phi) is 3.73. The predicted molar refractivity (Wildman–Crippen MR) is 73.7 cm³/mol. The van der Waals surface area contributed by atoms with Gasteiger partial charge in [0.2, 0.25) is 0 Å². The number of anilines is 1. The molecule has 0 aliphatic rings. The van der Waals surface area contributed by atoms with E-state index in [0.29, 0.717) is 4.41 Å². The van der Waals surface area contributed by atoms with Gasteiger partial charge >= 0.3 is 5.97 Å². The molecule has 0 heterocycles. The average molecular weight is 292 g/mol. The monoisotopic (exact) mass is 292 g/mol. The molecular formula is C13H12N2O4S. The predicted octanol–water partition coefficient (Wildman–Crippen LogP) is 1.45. The lowest BCUT2D eigenvalue weighted by molar-refractivity contribution is 0.0697. The van der Waals surface area contributed by atoms with E-state index in [0.717, 1.165) is 0 Å². The summed E-state index contributed by atoms with van der Waals surface area (Å²) in [6.07, 6.45) is 0. The van der Waals surface area contributed by atoms with Crippen LogP contribution in [0, 0.1) is 0 Å². The molecule has 0 radical (unpaired) electrons. The Bertz CT molecular complexity index is 712. The molecule has 0 aromatic heterocycles. The third kappa shape index (κ3) is 2.63. The zero-order valence-electron chi connectivity index (χ0n) is 10.3. The Balaban J connectivity index is 2.36. The lowest BCUT2D eigenvalue weighted by Gasteiger charge is -2.18. The molecule has 0 amide bonds. The molecule has 0 fully saturated rings. The van der Waals surface area contributed by atoms with Crippen molar-refractivity contribution in [2.45, 2.75) is 4.90 Å². The number of benzene rings is 2. The standard InChI is InChI=1S/C13H12N2O4S/c14-15(11-8-6-10(7-9-11)13(16)17)20(18,19)12-4-2-1-3-5-12/h1-9H,14H2,(H,16,17). The van der Waals surface area contributed by atoms with Crippen molar-refractivity contribution in [1.82, 2.24) is 0 Å². The fourth-order valence-electron chi connectivity index (χ4n) is 1.60. The summed E-state index contributed by atoms with van der Waals surface area (Å²) in [4.78, 5) is 10.8. The van der Waals surface area contributed by atoms with Crippen molar-refractivity contribution in [3.63, 3.8) is 0 Å². The highest BCUT2D eigenvalue weighted by molar-refractivity contribution is 7.92. The number of nitrogens with zero attached hydrogens (tertiary/aromatic N) is 1. The molecule has 3 N–H and O–H groups in total. The van der Waals surface area contributed by atoms with Crippen molar-refractivity contribution < 1.29 is 18.3 Å². The Morgan fingerprint density at radius 1 is 1.00 bits per heavy atom. The lowest BCUT2D eigenvalue weighted by Crippen LogP contribution is -2.37. The summed E-state index contributed by atoms with van der Waals surface area (Å²) in [6, 6.07) is 13.0. The van der Waals surface area contributed by atoms with Gasteiger partial charge in [-0.3, -0.25) is 0 Å². The Morgan fingerprint density at radius 2 is 1.55 bits per heavy atom. The molecule has 0 saturated carbocycles. The second-order valence-corrected chi connectivity index (χ2v) is 5.78. The van der Waals surface area contributed by atoms with Crippen LogP contribution in [0.2, 0.25) is 0 Å². The zero-order valence-corrected chi connectivity index (χ0v) is 11.1. The van der Waals surface area contributed by atoms with Crippen LogP contribution in [-0.4, -0.2) is 19.5 Å². The van der Waals surface area contributed by atoms with Gasteiger partial charge in [0.05, 0.1) is 16.1 Å².